The quantitative estimate of drug-likeness (QED) is 0.691. The van der Waals surface area contributed by atoms with Crippen molar-refractivity contribution in [3.8, 4) is 11.6 Å². The molecule has 4 rings (SSSR count). The summed E-state index contributed by atoms with van der Waals surface area (Å²) in [4.78, 5) is 28.4. The van der Waals surface area contributed by atoms with Crippen molar-refractivity contribution < 1.29 is 14.6 Å². The molecule has 1 aliphatic rings. The van der Waals surface area contributed by atoms with Gasteiger partial charge in [0.05, 0.1) is 30.0 Å². The van der Waals surface area contributed by atoms with Crippen molar-refractivity contribution in [3.05, 3.63) is 53.1 Å². The van der Waals surface area contributed by atoms with Gasteiger partial charge in [-0.3, -0.25) is 9.13 Å². The number of nitrogens with zero attached hydrogens (tertiary/aromatic N) is 3. The molecule has 8 nitrogen and oxygen atoms in total. The molecular weight excluding hydrogens is 372 g/mol. The van der Waals surface area contributed by atoms with Crippen molar-refractivity contribution in [1.82, 2.24) is 19.4 Å². The number of fused-ring (bicyclic) bond motifs is 1. The lowest BCUT2D eigenvalue weighted by atomic mass is 9.86. The molecule has 0 aliphatic heterocycles. The third-order valence-corrected chi connectivity index (χ3v) is 5.64. The predicted molar refractivity (Wildman–Crippen MR) is 109 cm³/mol. The Hall–Kier alpha value is -3.29. The maximum absolute atomic E-state index is 13.3. The highest BCUT2D eigenvalue weighted by Gasteiger charge is 2.24. The number of carbonyl (C=O) groups is 1. The van der Waals surface area contributed by atoms with E-state index in [2.05, 4.69) is 10.3 Å². The normalized spacial score (nSPS) is 19.2. The first-order chi connectivity index (χ1) is 14.1. The average Bonchev–Trinajstić information content (AvgIpc) is 3.01. The Morgan fingerprint density at radius 2 is 1.90 bits per heavy atom. The summed E-state index contributed by atoms with van der Waals surface area (Å²) in [7, 11) is 1.56. The number of nitrogens with one attached hydrogen (secondary N) is 1. The zero-order valence-corrected chi connectivity index (χ0v) is 16.2. The minimum absolute atomic E-state index is 0.00666. The van der Waals surface area contributed by atoms with Gasteiger partial charge in [0.15, 0.2) is 0 Å². The van der Waals surface area contributed by atoms with Gasteiger partial charge >= 0.3 is 11.8 Å². The fourth-order valence-corrected chi connectivity index (χ4v) is 4.18. The molecule has 0 radical (unpaired) electrons. The van der Waals surface area contributed by atoms with Gasteiger partial charge in [-0.05, 0) is 49.8 Å². The van der Waals surface area contributed by atoms with Crippen LogP contribution in [-0.4, -0.2) is 38.5 Å². The molecule has 2 heterocycles. The Labute approximate surface area is 167 Å². The van der Waals surface area contributed by atoms with E-state index in [9.17, 15) is 9.59 Å². The molecule has 2 N–H and O–H groups in total. The van der Waals surface area contributed by atoms with Crippen LogP contribution in [0.15, 0.2) is 47.4 Å². The fraction of sp³-hybridized carbons (Fsp3) is 0.381. The molecular formula is C21H24N4O4. The van der Waals surface area contributed by atoms with Crippen molar-refractivity contribution in [2.75, 3.05) is 7.11 Å². The lowest BCUT2D eigenvalue weighted by Gasteiger charge is -2.28. The SMILES string of the molecule is COc1ccc(-n2c(=O)n(C[C@H]3CC[C@H](NC(=O)O)CC3)c3ccccc32)cn1. The molecule has 1 aromatic carbocycles. The van der Waals surface area contributed by atoms with Gasteiger partial charge in [0, 0.05) is 18.7 Å². The maximum Gasteiger partial charge on any atom is 0.404 e. The lowest BCUT2D eigenvalue weighted by molar-refractivity contribution is 0.181. The molecule has 8 heteroatoms. The molecule has 1 amide bonds. The Balaban J connectivity index is 1.63. The van der Waals surface area contributed by atoms with E-state index in [4.69, 9.17) is 9.84 Å². The predicted octanol–water partition coefficient (Wildman–Crippen LogP) is 3.02. The first kappa shape index (κ1) is 19.0. The maximum atomic E-state index is 13.3. The Morgan fingerprint density at radius 1 is 1.17 bits per heavy atom. The van der Waals surface area contributed by atoms with E-state index in [1.807, 2.05) is 34.9 Å². The number of carboxylic acid groups (broad SMARTS) is 1. The van der Waals surface area contributed by atoms with Crippen molar-refractivity contribution in [2.45, 2.75) is 38.3 Å². The Morgan fingerprint density at radius 3 is 2.52 bits per heavy atom. The molecule has 3 aromatic rings. The molecule has 1 fully saturated rings. The summed E-state index contributed by atoms with van der Waals surface area (Å²) < 4.78 is 8.62. The number of rotatable bonds is 5. The van der Waals surface area contributed by atoms with Crippen LogP contribution in [0.4, 0.5) is 4.79 Å². The zero-order chi connectivity index (χ0) is 20.4. The molecule has 0 unspecified atom stereocenters. The van der Waals surface area contributed by atoms with Crippen LogP contribution < -0.4 is 15.7 Å². The topological polar surface area (TPSA) is 98.4 Å². The summed E-state index contributed by atoms with van der Waals surface area (Å²) in [6, 6.07) is 11.3. The number of amides is 1. The lowest BCUT2D eigenvalue weighted by Crippen LogP contribution is -2.37. The zero-order valence-electron chi connectivity index (χ0n) is 16.2. The van der Waals surface area contributed by atoms with Crippen LogP contribution in [0.3, 0.4) is 0 Å². The van der Waals surface area contributed by atoms with Gasteiger partial charge in [0.25, 0.3) is 0 Å². The van der Waals surface area contributed by atoms with Gasteiger partial charge < -0.3 is 15.2 Å². The number of pyridine rings is 1. The van der Waals surface area contributed by atoms with Gasteiger partial charge in [-0.2, -0.15) is 0 Å². The monoisotopic (exact) mass is 396 g/mol. The summed E-state index contributed by atoms with van der Waals surface area (Å²) in [6.45, 7) is 0.621. The first-order valence-electron chi connectivity index (χ1n) is 9.77. The van der Waals surface area contributed by atoms with Crippen LogP contribution in [0.5, 0.6) is 5.88 Å². The van der Waals surface area contributed by atoms with E-state index in [1.54, 1.807) is 23.9 Å². The minimum Gasteiger partial charge on any atom is -0.481 e. The fourth-order valence-electron chi connectivity index (χ4n) is 4.18. The number of hydrogen-bond acceptors (Lipinski definition) is 4. The number of ether oxygens (including phenoxy) is 1. The van der Waals surface area contributed by atoms with Gasteiger partial charge in [-0.1, -0.05) is 12.1 Å². The standard InChI is InChI=1S/C21H24N4O4/c1-29-19-11-10-16(12-22-19)25-18-5-3-2-4-17(18)24(21(25)28)13-14-6-8-15(9-7-14)23-20(26)27/h2-5,10-12,14-15,23H,6-9,13H2,1H3,(H,26,27)/t14-,15-. The molecule has 0 spiro atoms. The van der Waals surface area contributed by atoms with Crippen LogP contribution in [0.25, 0.3) is 16.7 Å². The van der Waals surface area contributed by atoms with Gasteiger partial charge in [0.2, 0.25) is 5.88 Å². The van der Waals surface area contributed by atoms with Gasteiger partial charge in [-0.15, -0.1) is 0 Å². The summed E-state index contributed by atoms with van der Waals surface area (Å²) >= 11 is 0. The van der Waals surface area contributed by atoms with Crippen LogP contribution in [0.1, 0.15) is 25.7 Å². The van der Waals surface area contributed by atoms with E-state index in [1.165, 1.54) is 0 Å². The van der Waals surface area contributed by atoms with E-state index >= 15 is 0 Å². The molecule has 1 aliphatic carbocycles. The molecule has 152 valence electrons. The smallest absolute Gasteiger partial charge is 0.404 e. The third kappa shape index (κ3) is 3.83. The van der Waals surface area contributed by atoms with E-state index < -0.39 is 6.09 Å². The minimum atomic E-state index is -0.971. The second-order valence-corrected chi connectivity index (χ2v) is 7.44. The van der Waals surface area contributed by atoms with E-state index in [-0.39, 0.29) is 11.7 Å². The van der Waals surface area contributed by atoms with Crippen molar-refractivity contribution in [1.29, 1.82) is 0 Å². The highest BCUT2D eigenvalue weighted by molar-refractivity contribution is 5.78. The molecule has 0 saturated heterocycles. The van der Waals surface area contributed by atoms with Crippen molar-refractivity contribution >= 4 is 17.1 Å². The number of benzene rings is 1. The van der Waals surface area contributed by atoms with Crippen molar-refractivity contribution in [3.63, 3.8) is 0 Å². The summed E-state index contributed by atoms with van der Waals surface area (Å²) in [5, 5.41) is 11.5. The number of aromatic nitrogens is 3. The number of imidazole rings is 1. The molecule has 0 atom stereocenters. The Bertz CT molecular complexity index is 1060. The molecule has 2 aromatic heterocycles. The number of methoxy groups -OCH3 is 1. The highest BCUT2D eigenvalue weighted by Crippen LogP contribution is 2.27. The van der Waals surface area contributed by atoms with E-state index in [0.29, 0.717) is 24.0 Å². The summed E-state index contributed by atoms with van der Waals surface area (Å²) in [5.41, 5.74) is 2.33. The molecule has 1 saturated carbocycles. The highest BCUT2D eigenvalue weighted by atomic mass is 16.5. The van der Waals surface area contributed by atoms with Crippen LogP contribution in [0.2, 0.25) is 0 Å². The van der Waals surface area contributed by atoms with E-state index in [0.717, 1.165) is 36.7 Å². The molecule has 29 heavy (non-hydrogen) atoms. The number of hydrogen-bond donors (Lipinski definition) is 2. The third-order valence-electron chi connectivity index (χ3n) is 5.64. The Kier molecular flexibility index (Phi) is 5.24. The van der Waals surface area contributed by atoms with Crippen LogP contribution >= 0.6 is 0 Å². The molecule has 0 bridgehead atoms. The van der Waals surface area contributed by atoms with Crippen LogP contribution in [-0.2, 0) is 6.54 Å². The summed E-state index contributed by atoms with van der Waals surface area (Å²) in [5.74, 6) is 0.838. The largest absolute Gasteiger partial charge is 0.481 e. The number of para-hydroxylation sites is 2. The second-order valence-electron chi connectivity index (χ2n) is 7.44. The average molecular weight is 396 g/mol. The second kappa shape index (κ2) is 7.98. The van der Waals surface area contributed by atoms with Gasteiger partial charge in [0.1, 0.15) is 0 Å². The van der Waals surface area contributed by atoms with Crippen LogP contribution in [0, 0.1) is 5.92 Å². The summed E-state index contributed by atoms with van der Waals surface area (Å²) in [6.07, 6.45) is 4.04. The van der Waals surface area contributed by atoms with Gasteiger partial charge in [-0.25, -0.2) is 14.6 Å². The first-order valence-corrected chi connectivity index (χ1v) is 9.77. The van der Waals surface area contributed by atoms with Crippen molar-refractivity contribution in [2.24, 2.45) is 5.92 Å².